The van der Waals surface area contributed by atoms with Crippen LogP contribution in [0.4, 0.5) is 10.8 Å². The van der Waals surface area contributed by atoms with Crippen molar-refractivity contribution in [3.8, 4) is 0 Å². The number of carbonyl (C=O) groups is 2. The Morgan fingerprint density at radius 2 is 1.69 bits per heavy atom. The van der Waals surface area contributed by atoms with Crippen molar-refractivity contribution in [1.82, 2.24) is 4.98 Å². The molecule has 0 fully saturated rings. The number of thiazole rings is 1. The fourth-order valence-electron chi connectivity index (χ4n) is 2.84. The fourth-order valence-corrected chi connectivity index (χ4v) is 3.92. The summed E-state index contributed by atoms with van der Waals surface area (Å²) in [5, 5.41) is 6.67. The minimum atomic E-state index is -0.340. The summed E-state index contributed by atoms with van der Waals surface area (Å²) in [4.78, 5) is 29.8. The monoisotopic (exact) mass is 421 g/mol. The second-order valence-corrected chi connectivity index (χ2v) is 7.92. The molecule has 5 nitrogen and oxygen atoms in total. The number of anilines is 2. The van der Waals surface area contributed by atoms with Crippen molar-refractivity contribution in [3.05, 3.63) is 88.4 Å². The van der Waals surface area contributed by atoms with Crippen LogP contribution in [0.25, 0.3) is 10.2 Å². The van der Waals surface area contributed by atoms with Crippen molar-refractivity contribution in [3.63, 3.8) is 0 Å². The standard InChI is InChI=1S/C22H16ClN3O2S/c1-13-6-11-18-19(12-13)29-22(25-18)26-21(28)16-4-2-3-5-17(16)24-20(27)14-7-9-15(23)10-8-14/h2-12H,1H3,(H,24,27)(H,25,26,28). The molecule has 0 aliphatic carbocycles. The molecule has 4 rings (SSSR count). The number of para-hydroxylation sites is 1. The number of nitrogens with zero attached hydrogens (tertiary/aromatic N) is 1. The van der Waals surface area contributed by atoms with E-state index in [2.05, 4.69) is 15.6 Å². The summed E-state index contributed by atoms with van der Waals surface area (Å²) in [5.74, 6) is -0.662. The summed E-state index contributed by atoms with van der Waals surface area (Å²) < 4.78 is 1.00. The number of benzene rings is 3. The molecule has 0 aliphatic heterocycles. The van der Waals surface area contributed by atoms with Crippen LogP contribution in [0.3, 0.4) is 0 Å². The summed E-state index contributed by atoms with van der Waals surface area (Å²) in [5.41, 5.74) is 3.19. The Bertz CT molecular complexity index is 1220. The van der Waals surface area contributed by atoms with Crippen molar-refractivity contribution >= 4 is 55.8 Å². The van der Waals surface area contributed by atoms with Gasteiger partial charge < -0.3 is 5.32 Å². The van der Waals surface area contributed by atoms with E-state index in [1.54, 1.807) is 48.5 Å². The largest absolute Gasteiger partial charge is 0.321 e. The molecule has 144 valence electrons. The molecule has 0 saturated carbocycles. The first-order valence-electron chi connectivity index (χ1n) is 8.84. The van der Waals surface area contributed by atoms with E-state index < -0.39 is 0 Å². The molecular formula is C22H16ClN3O2S. The third kappa shape index (κ3) is 4.29. The normalized spacial score (nSPS) is 10.7. The van der Waals surface area contributed by atoms with Crippen LogP contribution in [-0.4, -0.2) is 16.8 Å². The van der Waals surface area contributed by atoms with E-state index in [1.165, 1.54) is 11.3 Å². The number of hydrogen-bond acceptors (Lipinski definition) is 4. The van der Waals surface area contributed by atoms with Crippen LogP contribution in [0.2, 0.25) is 5.02 Å². The first kappa shape index (κ1) is 19.1. The number of fused-ring (bicyclic) bond motifs is 1. The summed E-state index contributed by atoms with van der Waals surface area (Å²) >= 11 is 7.28. The van der Waals surface area contributed by atoms with Crippen LogP contribution in [0.5, 0.6) is 0 Å². The molecular weight excluding hydrogens is 406 g/mol. The van der Waals surface area contributed by atoms with Crippen LogP contribution in [0.15, 0.2) is 66.7 Å². The first-order chi connectivity index (χ1) is 14.0. The van der Waals surface area contributed by atoms with Crippen LogP contribution in [-0.2, 0) is 0 Å². The maximum atomic E-state index is 12.8. The van der Waals surface area contributed by atoms with E-state index >= 15 is 0 Å². The topological polar surface area (TPSA) is 71.1 Å². The summed E-state index contributed by atoms with van der Waals surface area (Å²) in [7, 11) is 0. The van der Waals surface area contributed by atoms with Gasteiger partial charge in [0.05, 0.1) is 21.5 Å². The molecule has 0 saturated heterocycles. The van der Waals surface area contributed by atoms with Gasteiger partial charge >= 0.3 is 0 Å². The maximum Gasteiger partial charge on any atom is 0.259 e. The molecule has 0 unspecified atom stereocenters. The maximum absolute atomic E-state index is 12.8. The first-order valence-corrected chi connectivity index (χ1v) is 10.0. The van der Waals surface area contributed by atoms with E-state index in [1.807, 2.05) is 25.1 Å². The molecule has 2 N–H and O–H groups in total. The summed E-state index contributed by atoms with van der Waals surface area (Å²) in [6, 6.07) is 19.3. The number of rotatable bonds is 4. The number of hydrogen-bond donors (Lipinski definition) is 2. The Kier molecular flexibility index (Phi) is 5.29. The molecule has 1 aromatic heterocycles. The minimum absolute atomic E-state index is 0.322. The van der Waals surface area contributed by atoms with Gasteiger partial charge in [-0.15, -0.1) is 0 Å². The molecule has 2 amide bonds. The van der Waals surface area contributed by atoms with Crippen molar-refractivity contribution < 1.29 is 9.59 Å². The molecule has 29 heavy (non-hydrogen) atoms. The molecule has 0 bridgehead atoms. The Morgan fingerprint density at radius 1 is 0.931 bits per heavy atom. The summed E-state index contributed by atoms with van der Waals surface area (Å²) in [6.45, 7) is 2.01. The van der Waals surface area contributed by atoms with Crippen molar-refractivity contribution in [2.24, 2.45) is 0 Å². The fraction of sp³-hybridized carbons (Fsp3) is 0.0455. The second-order valence-electron chi connectivity index (χ2n) is 6.45. The number of carbonyl (C=O) groups excluding carboxylic acids is 2. The van der Waals surface area contributed by atoms with Gasteiger partial charge in [-0.25, -0.2) is 4.98 Å². The molecule has 4 aromatic rings. The summed E-state index contributed by atoms with van der Waals surface area (Å²) in [6.07, 6.45) is 0. The van der Waals surface area contributed by atoms with Gasteiger partial charge in [-0.05, 0) is 61.0 Å². The lowest BCUT2D eigenvalue weighted by molar-refractivity contribution is 0.102. The quantitative estimate of drug-likeness (QED) is 0.440. The van der Waals surface area contributed by atoms with Gasteiger partial charge in [0.2, 0.25) is 0 Å². The molecule has 0 aliphatic rings. The Morgan fingerprint density at radius 3 is 2.48 bits per heavy atom. The van der Waals surface area contributed by atoms with Gasteiger partial charge in [0.15, 0.2) is 5.13 Å². The van der Waals surface area contributed by atoms with Gasteiger partial charge in [0, 0.05) is 10.6 Å². The van der Waals surface area contributed by atoms with E-state index in [0.29, 0.717) is 27.0 Å². The minimum Gasteiger partial charge on any atom is -0.321 e. The Balaban J connectivity index is 1.55. The van der Waals surface area contributed by atoms with Gasteiger partial charge in [-0.1, -0.05) is 41.1 Å². The highest BCUT2D eigenvalue weighted by Crippen LogP contribution is 2.27. The molecule has 0 spiro atoms. The lowest BCUT2D eigenvalue weighted by atomic mass is 10.1. The van der Waals surface area contributed by atoms with Gasteiger partial charge in [-0.3, -0.25) is 14.9 Å². The smallest absolute Gasteiger partial charge is 0.259 e. The molecule has 0 radical (unpaired) electrons. The number of halogens is 1. The highest BCUT2D eigenvalue weighted by atomic mass is 35.5. The lowest BCUT2D eigenvalue weighted by Gasteiger charge is -2.10. The van der Waals surface area contributed by atoms with Gasteiger partial charge in [0.25, 0.3) is 11.8 Å². The third-order valence-electron chi connectivity index (χ3n) is 4.29. The molecule has 3 aromatic carbocycles. The van der Waals surface area contributed by atoms with E-state index in [9.17, 15) is 9.59 Å². The molecule has 1 heterocycles. The second kappa shape index (κ2) is 8.03. The lowest BCUT2D eigenvalue weighted by Crippen LogP contribution is -2.18. The van der Waals surface area contributed by atoms with Crippen LogP contribution < -0.4 is 10.6 Å². The number of aryl methyl sites for hydroxylation is 1. The Labute approximate surface area is 176 Å². The van der Waals surface area contributed by atoms with E-state index in [0.717, 1.165) is 15.8 Å². The zero-order chi connectivity index (χ0) is 20.4. The van der Waals surface area contributed by atoms with Crippen LogP contribution in [0, 0.1) is 6.92 Å². The van der Waals surface area contributed by atoms with Crippen molar-refractivity contribution in [1.29, 1.82) is 0 Å². The highest BCUT2D eigenvalue weighted by molar-refractivity contribution is 7.22. The predicted molar refractivity (Wildman–Crippen MR) is 118 cm³/mol. The van der Waals surface area contributed by atoms with Crippen LogP contribution in [0.1, 0.15) is 26.3 Å². The van der Waals surface area contributed by atoms with Gasteiger partial charge in [-0.2, -0.15) is 0 Å². The number of nitrogens with one attached hydrogen (secondary N) is 2. The van der Waals surface area contributed by atoms with Crippen molar-refractivity contribution in [2.45, 2.75) is 6.92 Å². The highest BCUT2D eigenvalue weighted by Gasteiger charge is 2.16. The number of amides is 2. The number of aromatic nitrogens is 1. The molecule has 0 atom stereocenters. The van der Waals surface area contributed by atoms with Crippen molar-refractivity contribution in [2.75, 3.05) is 10.6 Å². The Hall–Kier alpha value is -3.22. The predicted octanol–water partition coefficient (Wildman–Crippen LogP) is 5.76. The zero-order valence-electron chi connectivity index (χ0n) is 15.4. The average molecular weight is 422 g/mol. The van der Waals surface area contributed by atoms with E-state index in [4.69, 9.17) is 11.6 Å². The third-order valence-corrected chi connectivity index (χ3v) is 5.48. The average Bonchev–Trinajstić information content (AvgIpc) is 3.10. The van der Waals surface area contributed by atoms with E-state index in [-0.39, 0.29) is 11.8 Å². The zero-order valence-corrected chi connectivity index (χ0v) is 17.0. The van der Waals surface area contributed by atoms with Gasteiger partial charge in [0.1, 0.15) is 0 Å². The molecule has 7 heteroatoms. The van der Waals surface area contributed by atoms with Crippen LogP contribution >= 0.6 is 22.9 Å². The SMILES string of the molecule is Cc1ccc2nc(NC(=O)c3ccccc3NC(=O)c3ccc(Cl)cc3)sc2c1.